The standard InChI is InChI=1S/C17H24N2O2/c1-3-8-14(9-4-2)17(21)19-16-12-7-11-15(18-16)10-5-6-13-20/h7,11-12,14,20H,3-4,6,8-9,13H2,1-2H3,(H,18,19,21). The molecule has 0 fully saturated rings. The molecule has 4 nitrogen and oxygen atoms in total. The fourth-order valence-corrected chi connectivity index (χ4v) is 2.11. The molecule has 1 rings (SSSR count). The van der Waals surface area contributed by atoms with Crippen LogP contribution in [0.3, 0.4) is 0 Å². The lowest BCUT2D eigenvalue weighted by Crippen LogP contribution is -2.23. The van der Waals surface area contributed by atoms with Crippen LogP contribution in [-0.4, -0.2) is 22.6 Å². The molecule has 4 heteroatoms. The number of rotatable bonds is 7. The molecule has 0 saturated heterocycles. The number of aromatic nitrogens is 1. The number of anilines is 1. The van der Waals surface area contributed by atoms with E-state index in [1.165, 1.54) is 0 Å². The van der Waals surface area contributed by atoms with Gasteiger partial charge in [0.05, 0.1) is 6.61 Å². The van der Waals surface area contributed by atoms with E-state index in [4.69, 9.17) is 5.11 Å². The number of nitrogens with one attached hydrogen (secondary N) is 1. The fourth-order valence-electron chi connectivity index (χ4n) is 2.11. The molecule has 1 amide bonds. The van der Waals surface area contributed by atoms with Crippen molar-refractivity contribution in [2.24, 2.45) is 5.92 Å². The Balaban J connectivity index is 2.71. The van der Waals surface area contributed by atoms with Crippen molar-refractivity contribution < 1.29 is 9.90 Å². The molecule has 1 heterocycles. The largest absolute Gasteiger partial charge is 0.395 e. The first-order chi connectivity index (χ1) is 10.2. The molecule has 21 heavy (non-hydrogen) atoms. The lowest BCUT2D eigenvalue weighted by Gasteiger charge is -2.14. The molecule has 0 unspecified atom stereocenters. The van der Waals surface area contributed by atoms with Crippen molar-refractivity contribution in [1.29, 1.82) is 0 Å². The van der Waals surface area contributed by atoms with E-state index in [1.54, 1.807) is 12.1 Å². The minimum atomic E-state index is 0.0340. The minimum absolute atomic E-state index is 0.0340. The number of carbonyl (C=O) groups excluding carboxylic acids is 1. The van der Waals surface area contributed by atoms with E-state index in [0.717, 1.165) is 25.7 Å². The first-order valence-electron chi connectivity index (χ1n) is 7.58. The molecule has 0 aromatic carbocycles. The number of pyridine rings is 1. The van der Waals surface area contributed by atoms with Crippen molar-refractivity contribution in [3.8, 4) is 11.8 Å². The quantitative estimate of drug-likeness (QED) is 0.758. The molecule has 0 bridgehead atoms. The second kappa shape index (κ2) is 9.95. The number of aliphatic hydroxyl groups excluding tert-OH is 1. The van der Waals surface area contributed by atoms with Gasteiger partial charge in [-0.05, 0) is 30.9 Å². The third-order valence-electron chi connectivity index (χ3n) is 3.10. The molecular formula is C17H24N2O2. The molecule has 0 aliphatic carbocycles. The van der Waals surface area contributed by atoms with Crippen LogP contribution >= 0.6 is 0 Å². The maximum atomic E-state index is 12.2. The Hall–Kier alpha value is -1.86. The smallest absolute Gasteiger partial charge is 0.228 e. The maximum absolute atomic E-state index is 12.2. The second-order valence-electron chi connectivity index (χ2n) is 4.95. The third-order valence-corrected chi connectivity index (χ3v) is 3.10. The molecule has 0 aliphatic heterocycles. The molecular weight excluding hydrogens is 264 g/mol. The molecule has 0 aliphatic rings. The summed E-state index contributed by atoms with van der Waals surface area (Å²) in [6.45, 7) is 4.22. The maximum Gasteiger partial charge on any atom is 0.228 e. The summed E-state index contributed by atoms with van der Waals surface area (Å²) in [5.74, 6) is 6.30. The van der Waals surface area contributed by atoms with Gasteiger partial charge < -0.3 is 10.4 Å². The average molecular weight is 288 g/mol. The number of hydrogen-bond donors (Lipinski definition) is 2. The van der Waals surface area contributed by atoms with Crippen LogP contribution < -0.4 is 5.32 Å². The first-order valence-corrected chi connectivity index (χ1v) is 7.58. The third kappa shape index (κ3) is 6.42. The van der Waals surface area contributed by atoms with Crippen LogP contribution in [-0.2, 0) is 4.79 Å². The molecule has 114 valence electrons. The van der Waals surface area contributed by atoms with E-state index in [2.05, 4.69) is 36.0 Å². The Labute approximate surface area is 127 Å². The van der Waals surface area contributed by atoms with Crippen molar-refractivity contribution in [3.63, 3.8) is 0 Å². The van der Waals surface area contributed by atoms with Gasteiger partial charge in [-0.2, -0.15) is 0 Å². The van der Waals surface area contributed by atoms with Crippen molar-refractivity contribution >= 4 is 11.7 Å². The summed E-state index contributed by atoms with van der Waals surface area (Å²) in [5, 5.41) is 11.6. The second-order valence-corrected chi connectivity index (χ2v) is 4.95. The molecule has 1 aromatic heterocycles. The normalized spacial score (nSPS) is 10.1. The van der Waals surface area contributed by atoms with E-state index in [0.29, 0.717) is 17.9 Å². The molecule has 0 saturated carbocycles. The highest BCUT2D eigenvalue weighted by molar-refractivity contribution is 5.91. The summed E-state index contributed by atoms with van der Waals surface area (Å²) in [4.78, 5) is 16.5. The van der Waals surface area contributed by atoms with Crippen molar-refractivity contribution in [2.75, 3.05) is 11.9 Å². The van der Waals surface area contributed by atoms with Gasteiger partial charge in [0.1, 0.15) is 11.5 Å². The number of hydrogen-bond acceptors (Lipinski definition) is 3. The van der Waals surface area contributed by atoms with Gasteiger partial charge in [-0.1, -0.05) is 38.7 Å². The highest BCUT2D eigenvalue weighted by atomic mass is 16.2. The summed E-state index contributed by atoms with van der Waals surface area (Å²) < 4.78 is 0. The Morgan fingerprint density at radius 1 is 1.33 bits per heavy atom. The zero-order valence-electron chi connectivity index (χ0n) is 12.9. The van der Waals surface area contributed by atoms with Gasteiger partial charge in [-0.25, -0.2) is 4.98 Å². The number of nitrogens with zero attached hydrogens (tertiary/aromatic N) is 1. The molecule has 0 atom stereocenters. The Kier molecular flexibility index (Phi) is 8.15. The van der Waals surface area contributed by atoms with Crippen molar-refractivity contribution in [3.05, 3.63) is 23.9 Å². The van der Waals surface area contributed by atoms with E-state index >= 15 is 0 Å². The summed E-state index contributed by atoms with van der Waals surface area (Å²) in [6, 6.07) is 5.37. The van der Waals surface area contributed by atoms with Crippen LogP contribution in [0, 0.1) is 17.8 Å². The van der Waals surface area contributed by atoms with Crippen LogP contribution in [0.1, 0.15) is 51.6 Å². The van der Waals surface area contributed by atoms with Gasteiger partial charge in [0.15, 0.2) is 0 Å². The number of carbonyl (C=O) groups is 1. The van der Waals surface area contributed by atoms with Crippen LogP contribution in [0.5, 0.6) is 0 Å². The molecule has 0 radical (unpaired) electrons. The number of amides is 1. The van der Waals surface area contributed by atoms with Crippen LogP contribution in [0.2, 0.25) is 0 Å². The fraction of sp³-hybridized carbons (Fsp3) is 0.529. The SMILES string of the molecule is CCCC(CCC)C(=O)Nc1cccc(C#CCCO)n1. The van der Waals surface area contributed by atoms with Crippen LogP contribution in [0.25, 0.3) is 0 Å². The van der Waals surface area contributed by atoms with E-state index in [1.807, 2.05) is 6.07 Å². The lowest BCUT2D eigenvalue weighted by atomic mass is 9.97. The highest BCUT2D eigenvalue weighted by Gasteiger charge is 2.16. The lowest BCUT2D eigenvalue weighted by molar-refractivity contribution is -0.120. The molecule has 1 aromatic rings. The van der Waals surface area contributed by atoms with Crippen molar-refractivity contribution in [2.45, 2.75) is 46.0 Å². The monoisotopic (exact) mass is 288 g/mol. The van der Waals surface area contributed by atoms with E-state index in [9.17, 15) is 4.79 Å². The van der Waals surface area contributed by atoms with Gasteiger partial charge >= 0.3 is 0 Å². The van der Waals surface area contributed by atoms with Crippen LogP contribution in [0.15, 0.2) is 18.2 Å². The predicted molar refractivity (Wildman–Crippen MR) is 84.8 cm³/mol. The van der Waals surface area contributed by atoms with Gasteiger partial charge in [-0.15, -0.1) is 0 Å². The summed E-state index contributed by atoms with van der Waals surface area (Å²) in [5.41, 5.74) is 0.601. The van der Waals surface area contributed by atoms with Crippen molar-refractivity contribution in [1.82, 2.24) is 4.98 Å². The molecule has 2 N–H and O–H groups in total. The zero-order chi connectivity index (χ0) is 15.5. The summed E-state index contributed by atoms with van der Waals surface area (Å²) in [7, 11) is 0. The summed E-state index contributed by atoms with van der Waals surface area (Å²) in [6.07, 6.45) is 4.22. The topological polar surface area (TPSA) is 62.2 Å². The van der Waals surface area contributed by atoms with E-state index in [-0.39, 0.29) is 18.4 Å². The first kappa shape index (κ1) is 17.2. The average Bonchev–Trinajstić information content (AvgIpc) is 2.48. The van der Waals surface area contributed by atoms with Gasteiger partial charge in [0.25, 0.3) is 0 Å². The van der Waals surface area contributed by atoms with Gasteiger partial charge in [-0.3, -0.25) is 4.79 Å². The predicted octanol–water partition coefficient (Wildman–Crippen LogP) is 2.97. The Morgan fingerprint density at radius 2 is 2.05 bits per heavy atom. The number of aliphatic hydroxyl groups is 1. The van der Waals surface area contributed by atoms with Crippen LogP contribution in [0.4, 0.5) is 5.82 Å². The van der Waals surface area contributed by atoms with E-state index < -0.39 is 0 Å². The zero-order valence-corrected chi connectivity index (χ0v) is 12.9. The Morgan fingerprint density at radius 3 is 2.67 bits per heavy atom. The minimum Gasteiger partial charge on any atom is -0.395 e. The Bertz CT molecular complexity index is 497. The highest BCUT2D eigenvalue weighted by Crippen LogP contribution is 2.16. The summed E-state index contributed by atoms with van der Waals surface area (Å²) >= 11 is 0. The van der Waals surface area contributed by atoms with Gasteiger partial charge in [0.2, 0.25) is 5.91 Å². The van der Waals surface area contributed by atoms with Gasteiger partial charge in [0, 0.05) is 12.3 Å². The molecule has 0 spiro atoms.